The predicted octanol–water partition coefficient (Wildman–Crippen LogP) is 2.14. The molecule has 0 bridgehead atoms. The molecule has 1 aliphatic rings. The van der Waals surface area contributed by atoms with E-state index in [1.807, 2.05) is 13.8 Å². The normalized spacial score (nSPS) is 18.2. The molecular formula is C15H20ClNO4S. The lowest BCUT2D eigenvalue weighted by Crippen LogP contribution is -2.55. The summed E-state index contributed by atoms with van der Waals surface area (Å²) in [6, 6.07) is 6.27. The third kappa shape index (κ3) is 3.80. The summed E-state index contributed by atoms with van der Waals surface area (Å²) >= 11 is 5.93. The van der Waals surface area contributed by atoms with E-state index < -0.39 is 15.4 Å². The van der Waals surface area contributed by atoms with E-state index in [2.05, 4.69) is 0 Å². The number of ether oxygens (including phenoxy) is 1. The highest BCUT2D eigenvalue weighted by Gasteiger charge is 2.34. The Morgan fingerprint density at radius 1 is 1.36 bits per heavy atom. The van der Waals surface area contributed by atoms with Crippen LogP contribution >= 0.6 is 11.6 Å². The van der Waals surface area contributed by atoms with Crippen molar-refractivity contribution in [1.82, 2.24) is 4.90 Å². The first-order chi connectivity index (χ1) is 10.2. The average molecular weight is 346 g/mol. The Hall–Kier alpha value is -1.11. The molecule has 0 radical (unpaired) electrons. The third-order valence-electron chi connectivity index (χ3n) is 3.70. The van der Waals surface area contributed by atoms with E-state index in [-0.39, 0.29) is 28.0 Å². The molecule has 0 unspecified atom stereocenters. The van der Waals surface area contributed by atoms with Crippen LogP contribution in [0.3, 0.4) is 0 Å². The number of benzene rings is 1. The van der Waals surface area contributed by atoms with Crippen molar-refractivity contribution in [3.8, 4) is 0 Å². The van der Waals surface area contributed by atoms with Gasteiger partial charge in [-0.1, -0.05) is 23.7 Å². The number of hydrogen-bond donors (Lipinski definition) is 0. The molecule has 1 heterocycles. The van der Waals surface area contributed by atoms with E-state index in [0.717, 1.165) is 0 Å². The van der Waals surface area contributed by atoms with Gasteiger partial charge >= 0.3 is 0 Å². The minimum absolute atomic E-state index is 0.0585. The van der Waals surface area contributed by atoms with Crippen molar-refractivity contribution in [2.24, 2.45) is 0 Å². The van der Waals surface area contributed by atoms with E-state index in [1.165, 1.54) is 12.1 Å². The van der Waals surface area contributed by atoms with E-state index in [4.69, 9.17) is 16.3 Å². The lowest BCUT2D eigenvalue weighted by atomic mass is 10.0. The van der Waals surface area contributed by atoms with Gasteiger partial charge in [0, 0.05) is 13.0 Å². The standard InChI is InChI=1S/C15H20ClNO4S/c1-15(2)11-21-9-8-17(15)14(18)7-10-22(19,20)13-6-4-3-5-12(13)16/h3-6H,7-11H2,1-2H3. The monoisotopic (exact) mass is 345 g/mol. The molecule has 0 aromatic heterocycles. The van der Waals surface area contributed by atoms with Gasteiger partial charge in [-0.05, 0) is 26.0 Å². The topological polar surface area (TPSA) is 63.7 Å². The Balaban J connectivity index is 2.06. The van der Waals surface area contributed by atoms with Gasteiger partial charge in [-0.3, -0.25) is 4.79 Å². The molecule has 0 aliphatic carbocycles. The maximum Gasteiger partial charge on any atom is 0.224 e. The quantitative estimate of drug-likeness (QED) is 0.838. The predicted molar refractivity (Wildman–Crippen MR) is 84.7 cm³/mol. The number of halogens is 1. The van der Waals surface area contributed by atoms with Crippen LogP contribution in [-0.4, -0.2) is 50.3 Å². The van der Waals surface area contributed by atoms with Gasteiger partial charge in [0.05, 0.1) is 34.4 Å². The second-order valence-electron chi connectivity index (χ2n) is 5.91. The molecule has 22 heavy (non-hydrogen) atoms. The number of amides is 1. The Bertz CT molecular complexity index is 657. The fourth-order valence-electron chi connectivity index (χ4n) is 2.48. The lowest BCUT2D eigenvalue weighted by molar-refractivity contribution is -0.145. The molecule has 7 heteroatoms. The minimum atomic E-state index is -3.57. The van der Waals surface area contributed by atoms with E-state index >= 15 is 0 Å². The van der Waals surface area contributed by atoms with Crippen molar-refractivity contribution in [2.75, 3.05) is 25.5 Å². The SMILES string of the molecule is CC1(C)COCCN1C(=O)CCS(=O)(=O)c1ccccc1Cl. The lowest BCUT2D eigenvalue weighted by Gasteiger charge is -2.42. The largest absolute Gasteiger partial charge is 0.377 e. The number of carbonyl (C=O) groups excluding carboxylic acids is 1. The number of morpholine rings is 1. The molecule has 1 amide bonds. The molecule has 1 fully saturated rings. The van der Waals surface area contributed by atoms with Crippen LogP contribution in [-0.2, 0) is 19.4 Å². The Labute approximate surface area is 136 Å². The van der Waals surface area contributed by atoms with Gasteiger partial charge in [0.1, 0.15) is 0 Å². The number of hydrogen-bond acceptors (Lipinski definition) is 4. The van der Waals surface area contributed by atoms with Crippen molar-refractivity contribution in [3.05, 3.63) is 29.3 Å². The van der Waals surface area contributed by atoms with E-state index in [9.17, 15) is 13.2 Å². The zero-order chi connectivity index (χ0) is 16.4. The molecule has 1 aromatic carbocycles. The summed E-state index contributed by atoms with van der Waals surface area (Å²) in [5.74, 6) is -0.424. The number of nitrogens with zero attached hydrogens (tertiary/aromatic N) is 1. The summed E-state index contributed by atoms with van der Waals surface area (Å²) in [7, 11) is -3.57. The van der Waals surface area contributed by atoms with Crippen LogP contribution in [0.15, 0.2) is 29.2 Å². The molecule has 1 saturated heterocycles. The maximum absolute atomic E-state index is 12.3. The second kappa shape index (κ2) is 6.56. The molecule has 0 spiro atoms. The molecule has 122 valence electrons. The summed E-state index contributed by atoms with van der Waals surface area (Å²) in [6.07, 6.45) is -0.0585. The minimum Gasteiger partial charge on any atom is -0.377 e. The van der Waals surface area contributed by atoms with E-state index in [0.29, 0.717) is 19.8 Å². The van der Waals surface area contributed by atoms with Gasteiger partial charge in [-0.15, -0.1) is 0 Å². The molecule has 5 nitrogen and oxygen atoms in total. The summed E-state index contributed by atoms with van der Waals surface area (Å²) in [4.78, 5) is 14.1. The van der Waals surface area contributed by atoms with Crippen LogP contribution in [0.5, 0.6) is 0 Å². The first kappa shape index (κ1) is 17.2. The highest BCUT2D eigenvalue weighted by molar-refractivity contribution is 7.91. The Morgan fingerprint density at radius 2 is 2.05 bits per heavy atom. The first-order valence-corrected chi connectivity index (χ1v) is 9.12. The zero-order valence-corrected chi connectivity index (χ0v) is 14.3. The van der Waals surface area contributed by atoms with Crippen molar-refractivity contribution in [1.29, 1.82) is 0 Å². The van der Waals surface area contributed by atoms with Crippen LogP contribution in [0.25, 0.3) is 0 Å². The molecule has 0 N–H and O–H groups in total. The molecular weight excluding hydrogens is 326 g/mol. The van der Waals surface area contributed by atoms with Crippen LogP contribution in [0.1, 0.15) is 20.3 Å². The van der Waals surface area contributed by atoms with Crippen molar-refractivity contribution in [2.45, 2.75) is 30.7 Å². The summed E-state index contributed by atoms with van der Waals surface area (Å²) in [5.41, 5.74) is -0.413. The van der Waals surface area contributed by atoms with E-state index in [1.54, 1.807) is 17.0 Å². The van der Waals surface area contributed by atoms with Crippen molar-refractivity contribution < 1.29 is 17.9 Å². The number of rotatable bonds is 4. The highest BCUT2D eigenvalue weighted by atomic mass is 35.5. The van der Waals surface area contributed by atoms with Crippen molar-refractivity contribution >= 4 is 27.3 Å². The molecule has 1 aromatic rings. The molecule has 0 atom stereocenters. The third-order valence-corrected chi connectivity index (χ3v) is 5.91. The Morgan fingerprint density at radius 3 is 2.68 bits per heavy atom. The van der Waals surface area contributed by atoms with Crippen LogP contribution < -0.4 is 0 Å². The van der Waals surface area contributed by atoms with Crippen LogP contribution in [0.2, 0.25) is 5.02 Å². The summed E-state index contributed by atoms with van der Waals surface area (Å²) in [5, 5.41) is 0.182. The second-order valence-corrected chi connectivity index (χ2v) is 8.39. The van der Waals surface area contributed by atoms with Gasteiger partial charge in [-0.2, -0.15) is 0 Å². The average Bonchev–Trinajstić information content (AvgIpc) is 2.44. The number of sulfone groups is 1. The summed E-state index contributed by atoms with van der Waals surface area (Å²) < 4.78 is 30.0. The zero-order valence-electron chi connectivity index (χ0n) is 12.7. The van der Waals surface area contributed by atoms with Gasteiger partial charge < -0.3 is 9.64 Å². The molecule has 2 rings (SSSR count). The highest BCUT2D eigenvalue weighted by Crippen LogP contribution is 2.24. The maximum atomic E-state index is 12.3. The Kier molecular flexibility index (Phi) is 5.14. The van der Waals surface area contributed by atoms with Gasteiger partial charge in [-0.25, -0.2) is 8.42 Å². The number of carbonyl (C=O) groups is 1. The smallest absolute Gasteiger partial charge is 0.224 e. The van der Waals surface area contributed by atoms with Crippen molar-refractivity contribution in [3.63, 3.8) is 0 Å². The van der Waals surface area contributed by atoms with Gasteiger partial charge in [0.15, 0.2) is 9.84 Å². The van der Waals surface area contributed by atoms with Crippen LogP contribution in [0.4, 0.5) is 0 Å². The first-order valence-electron chi connectivity index (χ1n) is 7.09. The van der Waals surface area contributed by atoms with Crippen LogP contribution in [0, 0.1) is 0 Å². The fourth-order valence-corrected chi connectivity index (χ4v) is 4.29. The van der Waals surface area contributed by atoms with Gasteiger partial charge in [0.2, 0.25) is 5.91 Å². The van der Waals surface area contributed by atoms with Gasteiger partial charge in [0.25, 0.3) is 0 Å². The molecule has 1 aliphatic heterocycles. The fraction of sp³-hybridized carbons (Fsp3) is 0.533. The summed E-state index contributed by atoms with van der Waals surface area (Å²) in [6.45, 7) is 5.24. The molecule has 0 saturated carbocycles.